The molecular formula is C14H21NOS. The Hall–Kier alpha value is -0.510. The van der Waals surface area contributed by atoms with Crippen LogP contribution in [0.3, 0.4) is 0 Å². The summed E-state index contributed by atoms with van der Waals surface area (Å²) in [6, 6.07) is 7.11. The van der Waals surface area contributed by atoms with Gasteiger partial charge < -0.3 is 5.11 Å². The van der Waals surface area contributed by atoms with Crippen LogP contribution in [0.4, 0.5) is 0 Å². The zero-order chi connectivity index (χ0) is 12.3. The fourth-order valence-corrected chi connectivity index (χ4v) is 3.62. The smallest absolute Gasteiger partial charge is 0.0684 e. The molecule has 0 radical (unpaired) electrons. The minimum absolute atomic E-state index is 0.140. The van der Waals surface area contributed by atoms with E-state index < -0.39 is 0 Å². The van der Waals surface area contributed by atoms with Crippen molar-refractivity contribution < 1.29 is 5.11 Å². The third-order valence-corrected chi connectivity index (χ3v) is 4.68. The Morgan fingerprint density at radius 2 is 2.29 bits per heavy atom. The van der Waals surface area contributed by atoms with Crippen molar-refractivity contribution in [2.75, 3.05) is 18.6 Å². The van der Waals surface area contributed by atoms with Gasteiger partial charge in [-0.05, 0) is 42.8 Å². The minimum atomic E-state index is 0.140. The highest BCUT2D eigenvalue weighted by Crippen LogP contribution is 2.23. The monoisotopic (exact) mass is 251 g/mol. The zero-order valence-corrected chi connectivity index (χ0v) is 11.5. The standard InChI is InChI=1S/C14H21NOS/c1-11-7-12(3-4-13(11)9-16)8-15(2)14-5-6-17-10-14/h3-4,7,14,16H,5-6,8-10H2,1-2H3. The van der Waals surface area contributed by atoms with E-state index in [9.17, 15) is 0 Å². The normalized spacial score (nSPS) is 20.1. The van der Waals surface area contributed by atoms with Gasteiger partial charge in [-0.25, -0.2) is 0 Å². The Balaban J connectivity index is 2.00. The molecule has 0 saturated carbocycles. The van der Waals surface area contributed by atoms with E-state index in [1.807, 2.05) is 6.07 Å². The second-order valence-corrected chi connectivity index (χ2v) is 6.00. The Morgan fingerprint density at radius 1 is 1.47 bits per heavy atom. The number of aliphatic hydroxyl groups excluding tert-OH is 1. The molecule has 94 valence electrons. The lowest BCUT2D eigenvalue weighted by Crippen LogP contribution is -2.30. The van der Waals surface area contributed by atoms with Gasteiger partial charge in [0.15, 0.2) is 0 Å². The first-order chi connectivity index (χ1) is 8.20. The van der Waals surface area contributed by atoms with Crippen LogP contribution in [0, 0.1) is 6.92 Å². The van der Waals surface area contributed by atoms with E-state index in [-0.39, 0.29) is 6.61 Å². The second-order valence-electron chi connectivity index (χ2n) is 4.85. The van der Waals surface area contributed by atoms with E-state index in [1.165, 1.54) is 29.1 Å². The third kappa shape index (κ3) is 3.24. The summed E-state index contributed by atoms with van der Waals surface area (Å²) in [5.41, 5.74) is 3.58. The van der Waals surface area contributed by atoms with Crippen LogP contribution < -0.4 is 0 Å². The fraction of sp³-hybridized carbons (Fsp3) is 0.571. The van der Waals surface area contributed by atoms with Gasteiger partial charge in [-0.15, -0.1) is 0 Å². The van der Waals surface area contributed by atoms with Gasteiger partial charge in [-0.2, -0.15) is 11.8 Å². The maximum atomic E-state index is 9.15. The first kappa shape index (κ1) is 12.9. The molecule has 1 N–H and O–H groups in total. The van der Waals surface area contributed by atoms with Gasteiger partial charge in [0.25, 0.3) is 0 Å². The summed E-state index contributed by atoms with van der Waals surface area (Å²) < 4.78 is 0. The van der Waals surface area contributed by atoms with Crippen molar-refractivity contribution >= 4 is 11.8 Å². The molecule has 1 fully saturated rings. The summed E-state index contributed by atoms with van der Waals surface area (Å²) in [5.74, 6) is 2.57. The van der Waals surface area contributed by atoms with Crippen molar-refractivity contribution in [2.24, 2.45) is 0 Å². The van der Waals surface area contributed by atoms with E-state index in [0.29, 0.717) is 0 Å². The molecule has 1 aliphatic heterocycles. The quantitative estimate of drug-likeness (QED) is 0.889. The lowest BCUT2D eigenvalue weighted by Gasteiger charge is -2.23. The maximum absolute atomic E-state index is 9.15. The van der Waals surface area contributed by atoms with Crippen LogP contribution in [0.2, 0.25) is 0 Å². The molecule has 3 heteroatoms. The van der Waals surface area contributed by atoms with E-state index in [1.54, 1.807) is 0 Å². The summed E-state index contributed by atoms with van der Waals surface area (Å²) in [6.07, 6.45) is 1.31. The molecule has 0 spiro atoms. The van der Waals surface area contributed by atoms with Crippen LogP contribution in [0.25, 0.3) is 0 Å². The lowest BCUT2D eigenvalue weighted by molar-refractivity contribution is 0.254. The van der Waals surface area contributed by atoms with Crippen molar-refractivity contribution in [3.8, 4) is 0 Å². The number of benzene rings is 1. The average Bonchev–Trinajstić information content (AvgIpc) is 2.82. The molecule has 1 aliphatic rings. The summed E-state index contributed by atoms with van der Waals surface area (Å²) in [4.78, 5) is 2.45. The van der Waals surface area contributed by atoms with Crippen molar-refractivity contribution in [1.82, 2.24) is 4.90 Å². The van der Waals surface area contributed by atoms with E-state index >= 15 is 0 Å². The van der Waals surface area contributed by atoms with Crippen molar-refractivity contribution in [3.05, 3.63) is 34.9 Å². The number of hydrogen-bond donors (Lipinski definition) is 1. The highest BCUT2D eigenvalue weighted by Gasteiger charge is 2.19. The van der Waals surface area contributed by atoms with Crippen LogP contribution in [0.1, 0.15) is 23.1 Å². The van der Waals surface area contributed by atoms with Crippen LogP contribution in [-0.4, -0.2) is 34.6 Å². The predicted octanol–water partition coefficient (Wildman–Crippen LogP) is 2.42. The molecule has 2 nitrogen and oxygen atoms in total. The second kappa shape index (κ2) is 5.89. The van der Waals surface area contributed by atoms with Crippen LogP contribution in [0.5, 0.6) is 0 Å². The number of thioether (sulfide) groups is 1. The summed E-state index contributed by atoms with van der Waals surface area (Å²) in [6.45, 7) is 3.22. The Kier molecular flexibility index (Phi) is 4.48. The molecule has 1 saturated heterocycles. The van der Waals surface area contributed by atoms with E-state index in [4.69, 9.17) is 5.11 Å². The molecule has 0 aromatic heterocycles. The molecule has 1 atom stereocenters. The number of rotatable bonds is 4. The Labute approximate surface area is 108 Å². The molecular weight excluding hydrogens is 230 g/mol. The highest BCUT2D eigenvalue weighted by atomic mass is 32.2. The molecule has 1 unspecified atom stereocenters. The summed E-state index contributed by atoms with van der Waals surface area (Å²) in [7, 11) is 2.21. The fourth-order valence-electron chi connectivity index (χ4n) is 2.32. The molecule has 0 aliphatic carbocycles. The first-order valence-electron chi connectivity index (χ1n) is 6.18. The highest BCUT2D eigenvalue weighted by molar-refractivity contribution is 7.99. The molecule has 1 aromatic rings. The maximum Gasteiger partial charge on any atom is 0.0684 e. The van der Waals surface area contributed by atoms with Gasteiger partial charge in [0.2, 0.25) is 0 Å². The van der Waals surface area contributed by atoms with Crippen molar-refractivity contribution in [2.45, 2.75) is 32.5 Å². The van der Waals surface area contributed by atoms with E-state index in [0.717, 1.165) is 18.2 Å². The van der Waals surface area contributed by atoms with Crippen molar-refractivity contribution in [3.63, 3.8) is 0 Å². The zero-order valence-electron chi connectivity index (χ0n) is 10.6. The molecule has 1 aromatic carbocycles. The van der Waals surface area contributed by atoms with Gasteiger partial charge in [-0.1, -0.05) is 18.2 Å². The van der Waals surface area contributed by atoms with E-state index in [2.05, 4.69) is 42.8 Å². The minimum Gasteiger partial charge on any atom is -0.392 e. The van der Waals surface area contributed by atoms with Gasteiger partial charge in [0, 0.05) is 18.3 Å². The number of aliphatic hydroxyl groups is 1. The molecule has 0 amide bonds. The molecule has 2 rings (SSSR count). The topological polar surface area (TPSA) is 23.5 Å². The number of hydrogen-bond acceptors (Lipinski definition) is 3. The largest absolute Gasteiger partial charge is 0.392 e. The van der Waals surface area contributed by atoms with Crippen LogP contribution in [-0.2, 0) is 13.2 Å². The van der Waals surface area contributed by atoms with Gasteiger partial charge in [0.1, 0.15) is 0 Å². The Bertz CT molecular complexity index is 374. The van der Waals surface area contributed by atoms with Crippen molar-refractivity contribution in [1.29, 1.82) is 0 Å². The van der Waals surface area contributed by atoms with Gasteiger partial charge in [-0.3, -0.25) is 4.90 Å². The van der Waals surface area contributed by atoms with Gasteiger partial charge in [0.05, 0.1) is 6.61 Å². The number of aryl methyl sites for hydroxylation is 1. The average molecular weight is 251 g/mol. The lowest BCUT2D eigenvalue weighted by atomic mass is 10.0. The number of nitrogens with zero attached hydrogens (tertiary/aromatic N) is 1. The molecule has 1 heterocycles. The van der Waals surface area contributed by atoms with Gasteiger partial charge >= 0.3 is 0 Å². The SMILES string of the molecule is Cc1cc(CN(C)C2CCSC2)ccc1CO. The first-order valence-corrected chi connectivity index (χ1v) is 7.33. The van der Waals surface area contributed by atoms with Crippen LogP contribution >= 0.6 is 11.8 Å². The summed E-state index contributed by atoms with van der Waals surface area (Å²) >= 11 is 2.06. The van der Waals surface area contributed by atoms with Crippen LogP contribution in [0.15, 0.2) is 18.2 Å². The summed E-state index contributed by atoms with van der Waals surface area (Å²) in [5, 5.41) is 9.15. The molecule has 17 heavy (non-hydrogen) atoms. The Morgan fingerprint density at radius 3 is 2.88 bits per heavy atom. The molecule has 0 bridgehead atoms. The third-order valence-electron chi connectivity index (χ3n) is 3.54. The predicted molar refractivity (Wildman–Crippen MR) is 74.3 cm³/mol.